The Morgan fingerprint density at radius 3 is 2.27 bits per heavy atom. The van der Waals surface area contributed by atoms with Crippen molar-refractivity contribution in [1.82, 2.24) is 4.90 Å². The third-order valence-corrected chi connectivity index (χ3v) is 4.40. The van der Waals surface area contributed by atoms with E-state index in [0.717, 1.165) is 12.8 Å². The summed E-state index contributed by atoms with van der Waals surface area (Å²) in [5.74, 6) is 0.179. The van der Waals surface area contributed by atoms with Gasteiger partial charge in [0.1, 0.15) is 0 Å². The lowest BCUT2D eigenvalue weighted by Gasteiger charge is -2.32. The molecule has 1 aliphatic rings. The van der Waals surface area contributed by atoms with Crippen LogP contribution in [-0.2, 0) is 4.79 Å². The van der Waals surface area contributed by atoms with Crippen LogP contribution in [0.2, 0.25) is 0 Å². The van der Waals surface area contributed by atoms with Gasteiger partial charge in [-0.2, -0.15) is 0 Å². The number of carboxylic acids is 1. The van der Waals surface area contributed by atoms with E-state index < -0.39 is 5.97 Å². The number of likely N-dealkylation sites (tertiary alicyclic amines) is 1. The molecule has 1 heterocycles. The molecule has 3 heteroatoms. The summed E-state index contributed by atoms with van der Waals surface area (Å²) in [7, 11) is 0. The van der Waals surface area contributed by atoms with E-state index in [1.807, 2.05) is 0 Å². The van der Waals surface area contributed by atoms with E-state index in [1.54, 1.807) is 0 Å². The Morgan fingerprint density at radius 1 is 1.05 bits per heavy atom. The second-order valence-corrected chi connectivity index (χ2v) is 6.74. The van der Waals surface area contributed by atoms with Gasteiger partial charge in [0.05, 0.1) is 0 Å². The predicted octanol–water partition coefficient (Wildman–Crippen LogP) is 5.34. The number of nitrogens with zero attached hydrogens (tertiary/aromatic N) is 1. The molecule has 1 atom stereocenters. The van der Waals surface area contributed by atoms with Gasteiger partial charge in [-0.25, -0.2) is 0 Å². The van der Waals surface area contributed by atoms with Crippen LogP contribution >= 0.6 is 0 Å². The summed E-state index contributed by atoms with van der Waals surface area (Å²) in [5, 5.41) is 7.42. The second kappa shape index (κ2) is 15.3. The largest absolute Gasteiger partial charge is 0.481 e. The van der Waals surface area contributed by atoms with Crippen LogP contribution in [-0.4, -0.2) is 35.6 Å². The van der Waals surface area contributed by atoms with Crippen molar-refractivity contribution in [2.75, 3.05) is 19.6 Å². The molecule has 132 valence electrons. The minimum Gasteiger partial charge on any atom is -0.481 e. The van der Waals surface area contributed by atoms with Crippen molar-refractivity contribution >= 4 is 5.97 Å². The maximum atomic E-state index is 9.00. The lowest BCUT2D eigenvalue weighted by molar-refractivity contribution is -0.134. The molecule has 0 saturated carbocycles. The topological polar surface area (TPSA) is 40.5 Å². The highest BCUT2D eigenvalue weighted by atomic mass is 16.4. The van der Waals surface area contributed by atoms with Crippen molar-refractivity contribution in [3.8, 4) is 0 Å². The van der Waals surface area contributed by atoms with Crippen molar-refractivity contribution in [1.29, 1.82) is 0 Å². The molecule has 1 rings (SSSR count). The maximum Gasteiger partial charge on any atom is 0.300 e. The third kappa shape index (κ3) is 14.4. The first-order valence-electron chi connectivity index (χ1n) is 9.52. The number of unbranched alkanes of at least 4 members (excludes halogenated alkanes) is 6. The van der Waals surface area contributed by atoms with Crippen molar-refractivity contribution in [2.45, 2.75) is 91.4 Å². The van der Waals surface area contributed by atoms with Gasteiger partial charge in [0.25, 0.3) is 5.97 Å². The molecule has 1 unspecified atom stereocenters. The Labute approximate surface area is 138 Å². The number of rotatable bonds is 10. The highest BCUT2D eigenvalue weighted by molar-refractivity contribution is 5.62. The van der Waals surface area contributed by atoms with Crippen LogP contribution in [0.4, 0.5) is 0 Å². The number of piperidine rings is 1. The second-order valence-electron chi connectivity index (χ2n) is 6.74. The van der Waals surface area contributed by atoms with Crippen molar-refractivity contribution in [2.24, 2.45) is 5.92 Å². The van der Waals surface area contributed by atoms with Crippen LogP contribution in [0, 0.1) is 5.92 Å². The summed E-state index contributed by atoms with van der Waals surface area (Å²) in [6.07, 6.45) is 15.8. The Bertz CT molecular complexity index is 252. The fraction of sp³-hybridized carbons (Fsp3) is 0.947. The number of carboxylic acid groups (broad SMARTS) is 1. The van der Waals surface area contributed by atoms with Crippen LogP contribution in [0.3, 0.4) is 0 Å². The Balaban J connectivity index is 0.000000980. The van der Waals surface area contributed by atoms with Crippen molar-refractivity contribution in [3.05, 3.63) is 0 Å². The molecule has 0 aromatic rings. The van der Waals surface area contributed by atoms with Gasteiger partial charge in [0, 0.05) is 13.5 Å². The Kier molecular flexibility index (Phi) is 14.9. The fourth-order valence-electron chi connectivity index (χ4n) is 3.20. The van der Waals surface area contributed by atoms with E-state index >= 15 is 0 Å². The van der Waals surface area contributed by atoms with Crippen LogP contribution in [0.1, 0.15) is 91.4 Å². The molecular weight excluding hydrogens is 274 g/mol. The van der Waals surface area contributed by atoms with Crippen LogP contribution < -0.4 is 0 Å². The monoisotopic (exact) mass is 313 g/mol. The lowest BCUT2D eigenvalue weighted by Crippen LogP contribution is -2.36. The van der Waals surface area contributed by atoms with Crippen molar-refractivity contribution < 1.29 is 9.90 Å². The number of aliphatic carboxylic acids is 1. The molecule has 3 nitrogen and oxygen atoms in total. The maximum absolute atomic E-state index is 9.00. The average Bonchev–Trinajstić information content (AvgIpc) is 2.48. The molecule has 0 radical (unpaired) electrons. The molecule has 1 saturated heterocycles. The minimum absolute atomic E-state index is 0.833. The summed E-state index contributed by atoms with van der Waals surface area (Å²) >= 11 is 0. The molecule has 22 heavy (non-hydrogen) atoms. The van der Waals surface area contributed by atoms with E-state index in [4.69, 9.17) is 9.90 Å². The van der Waals surface area contributed by atoms with Gasteiger partial charge < -0.3 is 10.0 Å². The molecule has 1 N–H and O–H groups in total. The predicted molar refractivity (Wildman–Crippen MR) is 95.4 cm³/mol. The third-order valence-electron chi connectivity index (χ3n) is 4.40. The van der Waals surface area contributed by atoms with E-state index in [9.17, 15) is 0 Å². The van der Waals surface area contributed by atoms with Gasteiger partial charge in [0.2, 0.25) is 0 Å². The van der Waals surface area contributed by atoms with Gasteiger partial charge in [-0.1, -0.05) is 58.8 Å². The summed E-state index contributed by atoms with van der Waals surface area (Å²) in [5.41, 5.74) is 0. The zero-order chi connectivity index (χ0) is 16.6. The van der Waals surface area contributed by atoms with Gasteiger partial charge in [-0.15, -0.1) is 0 Å². The van der Waals surface area contributed by atoms with Crippen LogP contribution in [0.5, 0.6) is 0 Å². The van der Waals surface area contributed by atoms with Gasteiger partial charge in [-0.3, -0.25) is 4.79 Å². The number of carbonyl (C=O) groups is 1. The smallest absolute Gasteiger partial charge is 0.300 e. The van der Waals surface area contributed by atoms with E-state index in [0.29, 0.717) is 0 Å². The zero-order valence-corrected chi connectivity index (χ0v) is 15.3. The number of hydrogen-bond acceptors (Lipinski definition) is 2. The first kappa shape index (κ1) is 21.4. The van der Waals surface area contributed by atoms with Gasteiger partial charge in [0.15, 0.2) is 0 Å². The summed E-state index contributed by atoms with van der Waals surface area (Å²) in [6.45, 7) is 9.84. The zero-order valence-electron chi connectivity index (χ0n) is 15.3. The van der Waals surface area contributed by atoms with Crippen LogP contribution in [0.15, 0.2) is 0 Å². The Hall–Kier alpha value is -0.570. The van der Waals surface area contributed by atoms with Crippen LogP contribution in [0.25, 0.3) is 0 Å². The highest BCUT2D eigenvalue weighted by Gasteiger charge is 2.18. The van der Waals surface area contributed by atoms with Gasteiger partial charge >= 0.3 is 0 Å². The quantitative estimate of drug-likeness (QED) is 0.553. The summed E-state index contributed by atoms with van der Waals surface area (Å²) in [6, 6.07) is 0. The molecule has 0 bridgehead atoms. The van der Waals surface area contributed by atoms with Crippen molar-refractivity contribution in [3.63, 3.8) is 0 Å². The van der Waals surface area contributed by atoms with E-state index in [2.05, 4.69) is 18.7 Å². The fourth-order valence-corrected chi connectivity index (χ4v) is 3.20. The summed E-state index contributed by atoms with van der Waals surface area (Å²) in [4.78, 5) is 11.7. The molecule has 0 amide bonds. The molecule has 1 aliphatic heterocycles. The molecule has 1 fully saturated rings. The summed E-state index contributed by atoms with van der Waals surface area (Å²) < 4.78 is 0. The molecular formula is C19H39NO2. The highest BCUT2D eigenvalue weighted by Crippen LogP contribution is 2.22. The first-order valence-corrected chi connectivity index (χ1v) is 9.52. The Morgan fingerprint density at radius 2 is 1.64 bits per heavy atom. The SMILES string of the molecule is CC(=O)O.CCCCCCCCN1CCCC(CCCC)C1. The number of hydrogen-bond donors (Lipinski definition) is 1. The molecule has 0 aliphatic carbocycles. The lowest BCUT2D eigenvalue weighted by atomic mass is 9.93. The first-order chi connectivity index (χ1) is 10.6. The molecule has 0 spiro atoms. The molecule has 0 aromatic carbocycles. The normalized spacial score (nSPS) is 18.6. The minimum atomic E-state index is -0.833. The average molecular weight is 314 g/mol. The standard InChI is InChI=1S/C17H35N.C2H4O2/c1-3-5-7-8-9-10-14-18-15-11-13-17(16-18)12-6-4-2;1-2(3)4/h17H,3-16H2,1-2H3;1H3,(H,3,4). The molecule has 0 aromatic heterocycles. The van der Waals surface area contributed by atoms with E-state index in [-0.39, 0.29) is 0 Å². The van der Waals surface area contributed by atoms with Gasteiger partial charge in [-0.05, 0) is 44.7 Å². The van der Waals surface area contributed by atoms with E-state index in [1.165, 1.54) is 90.3 Å².